The number of hydrogen-bond acceptors (Lipinski definition) is 7. The first-order valence-electron chi connectivity index (χ1n) is 6.97. The van der Waals surface area contributed by atoms with Gasteiger partial charge in [-0.3, -0.25) is 4.79 Å². The van der Waals surface area contributed by atoms with E-state index in [9.17, 15) is 4.79 Å². The fourth-order valence-electron chi connectivity index (χ4n) is 1.85. The zero-order chi connectivity index (χ0) is 15.7. The van der Waals surface area contributed by atoms with Crippen LogP contribution in [0.15, 0.2) is 6.33 Å². The van der Waals surface area contributed by atoms with Crippen molar-refractivity contribution in [2.45, 2.75) is 32.7 Å². The van der Waals surface area contributed by atoms with Gasteiger partial charge in [0, 0.05) is 19.2 Å². The number of aromatic nitrogens is 2. The van der Waals surface area contributed by atoms with Crippen LogP contribution in [0.1, 0.15) is 25.8 Å². The Morgan fingerprint density at radius 2 is 2.14 bits per heavy atom. The number of carbonyl (C=O) groups is 1. The quantitative estimate of drug-likeness (QED) is 0.294. The molecule has 0 bridgehead atoms. The van der Waals surface area contributed by atoms with Crippen molar-refractivity contribution in [3.63, 3.8) is 0 Å². The third-order valence-electron chi connectivity index (χ3n) is 2.93. The van der Waals surface area contributed by atoms with Gasteiger partial charge in [-0.25, -0.2) is 15.8 Å². The lowest BCUT2D eigenvalue weighted by Gasteiger charge is -2.18. The van der Waals surface area contributed by atoms with Gasteiger partial charge in [-0.15, -0.1) is 0 Å². The van der Waals surface area contributed by atoms with Gasteiger partial charge in [0.2, 0.25) is 5.91 Å². The highest BCUT2D eigenvalue weighted by Crippen LogP contribution is 2.21. The molecule has 1 aromatic heterocycles. The summed E-state index contributed by atoms with van der Waals surface area (Å²) in [7, 11) is 1.59. The Hall–Kier alpha value is -1.93. The summed E-state index contributed by atoms with van der Waals surface area (Å²) < 4.78 is 4.89. The predicted molar refractivity (Wildman–Crippen MR) is 81.8 cm³/mol. The lowest BCUT2D eigenvalue weighted by Crippen LogP contribution is -2.39. The molecule has 0 radical (unpaired) electrons. The van der Waals surface area contributed by atoms with Crippen LogP contribution in [0.4, 0.5) is 11.6 Å². The third kappa shape index (κ3) is 5.16. The van der Waals surface area contributed by atoms with Crippen LogP contribution in [0.2, 0.25) is 0 Å². The molecule has 8 nitrogen and oxygen atoms in total. The minimum absolute atomic E-state index is 0.115. The summed E-state index contributed by atoms with van der Waals surface area (Å²) >= 11 is 0. The van der Waals surface area contributed by atoms with E-state index in [4.69, 9.17) is 10.6 Å². The first-order chi connectivity index (χ1) is 10.1. The average Bonchev–Trinajstić information content (AvgIpc) is 2.49. The number of amides is 1. The maximum atomic E-state index is 11.9. The van der Waals surface area contributed by atoms with Crippen LogP contribution in [0.3, 0.4) is 0 Å². The van der Waals surface area contributed by atoms with Gasteiger partial charge in [0.15, 0.2) is 0 Å². The molecule has 118 valence electrons. The number of nitrogens with zero attached hydrogens (tertiary/aromatic N) is 2. The Morgan fingerprint density at radius 3 is 2.76 bits per heavy atom. The van der Waals surface area contributed by atoms with Gasteiger partial charge in [-0.1, -0.05) is 13.3 Å². The molecule has 0 aliphatic heterocycles. The van der Waals surface area contributed by atoms with E-state index in [-0.39, 0.29) is 5.91 Å². The molecular formula is C13H24N6O2. The smallest absolute Gasteiger partial charge is 0.242 e. The van der Waals surface area contributed by atoms with E-state index in [1.54, 1.807) is 14.0 Å². The Labute approximate surface area is 124 Å². The van der Waals surface area contributed by atoms with Crippen molar-refractivity contribution in [1.82, 2.24) is 15.3 Å². The summed E-state index contributed by atoms with van der Waals surface area (Å²) in [5, 5.41) is 5.87. The van der Waals surface area contributed by atoms with Gasteiger partial charge in [0.25, 0.3) is 0 Å². The van der Waals surface area contributed by atoms with E-state index in [1.165, 1.54) is 6.33 Å². The van der Waals surface area contributed by atoms with E-state index in [2.05, 4.69) is 33.0 Å². The zero-order valence-electron chi connectivity index (χ0n) is 12.8. The number of methoxy groups -OCH3 is 1. The average molecular weight is 296 g/mol. The summed E-state index contributed by atoms with van der Waals surface area (Å²) in [4.78, 5) is 20.2. The van der Waals surface area contributed by atoms with Gasteiger partial charge in [-0.2, -0.15) is 0 Å². The van der Waals surface area contributed by atoms with E-state index in [0.29, 0.717) is 24.8 Å². The largest absolute Gasteiger partial charge is 0.383 e. The van der Waals surface area contributed by atoms with Gasteiger partial charge < -0.3 is 20.8 Å². The number of rotatable bonds is 9. The molecule has 1 heterocycles. The van der Waals surface area contributed by atoms with Crippen LogP contribution < -0.4 is 21.9 Å². The fourth-order valence-corrected chi connectivity index (χ4v) is 1.85. The van der Waals surface area contributed by atoms with Crippen LogP contribution in [-0.2, 0) is 16.0 Å². The number of anilines is 2. The van der Waals surface area contributed by atoms with Crippen molar-refractivity contribution >= 4 is 17.5 Å². The van der Waals surface area contributed by atoms with Crippen LogP contribution in [0, 0.1) is 0 Å². The number of nitrogen functional groups attached to an aromatic ring is 1. The first-order valence-corrected chi connectivity index (χ1v) is 6.97. The van der Waals surface area contributed by atoms with Crippen molar-refractivity contribution in [3.8, 4) is 0 Å². The molecule has 0 saturated heterocycles. The van der Waals surface area contributed by atoms with E-state index < -0.39 is 6.04 Å². The van der Waals surface area contributed by atoms with Crippen molar-refractivity contribution in [3.05, 3.63) is 11.9 Å². The highest BCUT2D eigenvalue weighted by atomic mass is 16.5. The molecular weight excluding hydrogens is 272 g/mol. The number of hydrazine groups is 1. The Morgan fingerprint density at radius 1 is 1.43 bits per heavy atom. The predicted octanol–water partition coefficient (Wildman–Crippen LogP) is 0.278. The molecule has 1 aromatic rings. The lowest BCUT2D eigenvalue weighted by molar-refractivity contribution is -0.121. The number of ether oxygens (including phenoxy) is 1. The van der Waals surface area contributed by atoms with Crippen molar-refractivity contribution in [2.75, 3.05) is 31.0 Å². The van der Waals surface area contributed by atoms with Crippen LogP contribution >= 0.6 is 0 Å². The summed E-state index contributed by atoms with van der Waals surface area (Å²) in [6.07, 6.45) is 3.10. The monoisotopic (exact) mass is 296 g/mol. The highest BCUT2D eigenvalue weighted by Gasteiger charge is 2.16. The zero-order valence-corrected chi connectivity index (χ0v) is 12.8. The minimum Gasteiger partial charge on any atom is -0.383 e. The molecule has 21 heavy (non-hydrogen) atoms. The number of nitrogens with one attached hydrogen (secondary N) is 3. The second kappa shape index (κ2) is 9.09. The third-order valence-corrected chi connectivity index (χ3v) is 2.93. The van der Waals surface area contributed by atoms with E-state index in [0.717, 1.165) is 18.4 Å². The number of carbonyl (C=O) groups excluding carboxylic acids is 1. The van der Waals surface area contributed by atoms with E-state index in [1.807, 2.05) is 0 Å². The Balaban J connectivity index is 2.74. The van der Waals surface area contributed by atoms with Gasteiger partial charge in [0.05, 0.1) is 6.61 Å². The lowest BCUT2D eigenvalue weighted by atomic mass is 10.1. The maximum Gasteiger partial charge on any atom is 0.242 e. The fraction of sp³-hybridized carbons (Fsp3) is 0.615. The van der Waals surface area contributed by atoms with Crippen LogP contribution in [0.25, 0.3) is 0 Å². The van der Waals surface area contributed by atoms with Gasteiger partial charge >= 0.3 is 0 Å². The standard InChI is InChI=1S/C13H24N6O2/c1-4-5-10-11(16-8-17-12(10)19-14)18-9(2)13(20)15-6-7-21-3/h8-9H,4-7,14H2,1-3H3,(H,15,20)(H2,16,17,18,19). The summed E-state index contributed by atoms with van der Waals surface area (Å²) in [6.45, 7) is 4.78. The molecule has 0 spiro atoms. The first kappa shape index (κ1) is 17.1. The molecule has 1 amide bonds. The molecule has 8 heteroatoms. The molecule has 0 fully saturated rings. The van der Waals surface area contributed by atoms with Crippen molar-refractivity contribution in [1.29, 1.82) is 0 Å². The molecule has 0 aliphatic carbocycles. The van der Waals surface area contributed by atoms with E-state index >= 15 is 0 Å². The number of nitrogens with two attached hydrogens (primary N) is 1. The second-order valence-corrected chi connectivity index (χ2v) is 4.59. The van der Waals surface area contributed by atoms with Gasteiger partial charge in [0.1, 0.15) is 24.0 Å². The van der Waals surface area contributed by atoms with Crippen LogP contribution in [0.5, 0.6) is 0 Å². The van der Waals surface area contributed by atoms with Crippen molar-refractivity contribution < 1.29 is 9.53 Å². The Kier molecular flexibility index (Phi) is 7.41. The SMILES string of the molecule is CCCc1c(NN)ncnc1NC(C)C(=O)NCCOC. The normalized spacial score (nSPS) is 11.8. The number of hydrogen-bond donors (Lipinski definition) is 4. The summed E-state index contributed by atoms with van der Waals surface area (Å²) in [5.74, 6) is 6.54. The summed E-state index contributed by atoms with van der Waals surface area (Å²) in [6, 6.07) is -0.419. The second-order valence-electron chi connectivity index (χ2n) is 4.59. The van der Waals surface area contributed by atoms with Crippen molar-refractivity contribution in [2.24, 2.45) is 5.84 Å². The topological polar surface area (TPSA) is 114 Å². The highest BCUT2D eigenvalue weighted by molar-refractivity contribution is 5.84. The molecule has 1 unspecified atom stereocenters. The molecule has 1 rings (SSSR count). The molecule has 5 N–H and O–H groups in total. The molecule has 1 atom stereocenters. The molecule has 0 aromatic carbocycles. The minimum atomic E-state index is -0.419. The van der Waals surface area contributed by atoms with Crippen LogP contribution in [-0.4, -0.2) is 42.2 Å². The Bertz CT molecular complexity index is 454. The van der Waals surface area contributed by atoms with Gasteiger partial charge in [-0.05, 0) is 13.3 Å². The molecule has 0 aliphatic rings. The maximum absolute atomic E-state index is 11.9. The summed E-state index contributed by atoms with van der Waals surface area (Å²) in [5.41, 5.74) is 3.43. The molecule has 0 saturated carbocycles.